The number of aliphatic hydroxyl groups is 1. The van der Waals surface area contributed by atoms with Gasteiger partial charge in [0.2, 0.25) is 0 Å². The topological polar surface area (TPSA) is 29.5 Å². The van der Waals surface area contributed by atoms with Crippen LogP contribution in [0.15, 0.2) is 0 Å². The molecule has 0 aliphatic heterocycles. The quantitative estimate of drug-likeness (QED) is 0.600. The Morgan fingerprint density at radius 3 is 2.17 bits per heavy atom. The first-order chi connectivity index (χ1) is 5.62. The van der Waals surface area contributed by atoms with E-state index in [9.17, 15) is 0 Å². The molecule has 0 saturated carbocycles. The highest BCUT2D eigenvalue weighted by Gasteiger charge is 2.14. The number of hydrogen-bond acceptors (Lipinski definition) is 2. The SMILES string of the molecule is COC(C)(C)CCCCCCO. The molecular weight excluding hydrogens is 152 g/mol. The van der Waals surface area contributed by atoms with Crippen molar-refractivity contribution >= 4 is 0 Å². The fourth-order valence-electron chi connectivity index (χ4n) is 1.12. The van der Waals surface area contributed by atoms with E-state index in [4.69, 9.17) is 9.84 Å². The summed E-state index contributed by atoms with van der Waals surface area (Å²) >= 11 is 0. The lowest BCUT2D eigenvalue weighted by atomic mass is 10.00. The molecule has 0 radical (unpaired) electrons. The Morgan fingerprint density at radius 1 is 1.08 bits per heavy atom. The second kappa shape index (κ2) is 6.44. The average Bonchev–Trinajstić information content (AvgIpc) is 2.04. The Hall–Kier alpha value is -0.0800. The molecule has 0 unspecified atom stereocenters. The van der Waals surface area contributed by atoms with Crippen LogP contribution in [0.5, 0.6) is 0 Å². The minimum Gasteiger partial charge on any atom is -0.396 e. The van der Waals surface area contributed by atoms with Gasteiger partial charge in [0, 0.05) is 13.7 Å². The van der Waals surface area contributed by atoms with Crippen LogP contribution in [-0.2, 0) is 4.74 Å². The Balaban J connectivity index is 3.19. The molecule has 0 saturated heterocycles. The third-order valence-electron chi connectivity index (χ3n) is 2.24. The first-order valence-corrected chi connectivity index (χ1v) is 4.78. The normalized spacial score (nSPS) is 12.0. The van der Waals surface area contributed by atoms with E-state index in [2.05, 4.69) is 13.8 Å². The maximum Gasteiger partial charge on any atom is 0.0622 e. The predicted molar refractivity (Wildman–Crippen MR) is 51.3 cm³/mol. The molecule has 0 aromatic carbocycles. The smallest absolute Gasteiger partial charge is 0.0622 e. The van der Waals surface area contributed by atoms with Gasteiger partial charge in [0.15, 0.2) is 0 Å². The van der Waals surface area contributed by atoms with Crippen molar-refractivity contribution in [3.05, 3.63) is 0 Å². The molecule has 74 valence electrons. The van der Waals surface area contributed by atoms with Gasteiger partial charge in [-0.15, -0.1) is 0 Å². The highest BCUT2D eigenvalue weighted by atomic mass is 16.5. The van der Waals surface area contributed by atoms with Gasteiger partial charge in [-0.1, -0.05) is 19.3 Å². The molecule has 0 aromatic rings. The minimum absolute atomic E-state index is 0.0270. The molecule has 2 heteroatoms. The number of aliphatic hydroxyl groups excluding tert-OH is 1. The fraction of sp³-hybridized carbons (Fsp3) is 1.00. The monoisotopic (exact) mass is 174 g/mol. The van der Waals surface area contributed by atoms with Crippen LogP contribution in [0.2, 0.25) is 0 Å². The largest absolute Gasteiger partial charge is 0.396 e. The summed E-state index contributed by atoms with van der Waals surface area (Å²) in [7, 11) is 1.76. The molecule has 0 spiro atoms. The van der Waals surface area contributed by atoms with Gasteiger partial charge >= 0.3 is 0 Å². The molecular formula is C10H22O2. The molecule has 2 nitrogen and oxygen atoms in total. The maximum absolute atomic E-state index is 8.55. The molecule has 0 aromatic heterocycles. The summed E-state index contributed by atoms with van der Waals surface area (Å²) in [4.78, 5) is 0. The number of methoxy groups -OCH3 is 1. The summed E-state index contributed by atoms with van der Waals surface area (Å²) in [5.41, 5.74) is 0.0270. The summed E-state index contributed by atoms with van der Waals surface area (Å²) in [5, 5.41) is 8.55. The van der Waals surface area contributed by atoms with Crippen molar-refractivity contribution in [2.24, 2.45) is 0 Å². The molecule has 0 bridgehead atoms. The average molecular weight is 174 g/mol. The molecule has 0 atom stereocenters. The maximum atomic E-state index is 8.55. The summed E-state index contributed by atoms with van der Waals surface area (Å²) in [6.07, 6.45) is 5.58. The van der Waals surface area contributed by atoms with Crippen molar-refractivity contribution in [3.63, 3.8) is 0 Å². The lowest BCUT2D eigenvalue weighted by Gasteiger charge is -2.22. The van der Waals surface area contributed by atoms with E-state index >= 15 is 0 Å². The third kappa shape index (κ3) is 6.62. The number of hydrogen-bond donors (Lipinski definition) is 1. The first-order valence-electron chi connectivity index (χ1n) is 4.78. The van der Waals surface area contributed by atoms with Crippen LogP contribution in [-0.4, -0.2) is 24.4 Å². The van der Waals surface area contributed by atoms with Gasteiger partial charge in [0.05, 0.1) is 5.60 Å². The van der Waals surface area contributed by atoms with Crippen LogP contribution < -0.4 is 0 Å². The second-order valence-electron chi connectivity index (χ2n) is 3.85. The molecule has 0 aliphatic carbocycles. The van der Waals surface area contributed by atoms with Gasteiger partial charge < -0.3 is 9.84 Å². The molecule has 0 rings (SSSR count). The number of ether oxygens (including phenoxy) is 1. The minimum atomic E-state index is 0.0270. The molecule has 0 aliphatic rings. The molecule has 0 amide bonds. The Labute approximate surface area is 75.9 Å². The van der Waals surface area contributed by atoms with Crippen LogP contribution in [0, 0.1) is 0 Å². The zero-order chi connectivity index (χ0) is 9.45. The zero-order valence-electron chi connectivity index (χ0n) is 8.60. The second-order valence-corrected chi connectivity index (χ2v) is 3.85. The number of rotatable bonds is 7. The third-order valence-corrected chi connectivity index (χ3v) is 2.24. The summed E-state index contributed by atoms with van der Waals surface area (Å²) < 4.78 is 5.29. The van der Waals surface area contributed by atoms with Crippen LogP contribution >= 0.6 is 0 Å². The van der Waals surface area contributed by atoms with Gasteiger partial charge in [-0.05, 0) is 26.7 Å². The Bertz CT molecular complexity index is 100. The fourth-order valence-corrected chi connectivity index (χ4v) is 1.12. The lowest BCUT2D eigenvalue weighted by molar-refractivity contribution is 0.0133. The van der Waals surface area contributed by atoms with E-state index in [1.54, 1.807) is 7.11 Å². The zero-order valence-corrected chi connectivity index (χ0v) is 8.60. The van der Waals surface area contributed by atoms with E-state index in [-0.39, 0.29) is 5.60 Å². The molecule has 1 N–H and O–H groups in total. The lowest BCUT2D eigenvalue weighted by Crippen LogP contribution is -2.21. The van der Waals surface area contributed by atoms with Crippen molar-refractivity contribution < 1.29 is 9.84 Å². The van der Waals surface area contributed by atoms with E-state index in [0.717, 1.165) is 19.3 Å². The van der Waals surface area contributed by atoms with Crippen LogP contribution in [0.4, 0.5) is 0 Å². The van der Waals surface area contributed by atoms with Crippen LogP contribution in [0.25, 0.3) is 0 Å². The molecule has 12 heavy (non-hydrogen) atoms. The van der Waals surface area contributed by atoms with Crippen molar-refractivity contribution in [3.8, 4) is 0 Å². The van der Waals surface area contributed by atoms with Crippen molar-refractivity contribution in [2.75, 3.05) is 13.7 Å². The number of unbranched alkanes of at least 4 members (excludes halogenated alkanes) is 3. The first kappa shape index (κ1) is 11.9. The highest BCUT2D eigenvalue weighted by molar-refractivity contribution is 4.66. The van der Waals surface area contributed by atoms with Gasteiger partial charge in [-0.25, -0.2) is 0 Å². The Morgan fingerprint density at radius 2 is 1.67 bits per heavy atom. The predicted octanol–water partition coefficient (Wildman–Crippen LogP) is 2.35. The van der Waals surface area contributed by atoms with E-state index in [1.807, 2.05) is 0 Å². The van der Waals surface area contributed by atoms with Gasteiger partial charge in [0.25, 0.3) is 0 Å². The molecule has 0 heterocycles. The highest BCUT2D eigenvalue weighted by Crippen LogP contribution is 2.17. The standard InChI is InChI=1S/C10H22O2/c1-10(2,12-3)8-6-4-5-7-9-11/h11H,4-9H2,1-3H3. The van der Waals surface area contributed by atoms with Crippen molar-refractivity contribution in [1.29, 1.82) is 0 Å². The van der Waals surface area contributed by atoms with Gasteiger partial charge in [-0.3, -0.25) is 0 Å². The van der Waals surface area contributed by atoms with Crippen molar-refractivity contribution in [1.82, 2.24) is 0 Å². The van der Waals surface area contributed by atoms with Gasteiger partial charge in [-0.2, -0.15) is 0 Å². The summed E-state index contributed by atoms with van der Waals surface area (Å²) in [5.74, 6) is 0. The van der Waals surface area contributed by atoms with Gasteiger partial charge in [0.1, 0.15) is 0 Å². The van der Waals surface area contributed by atoms with E-state index < -0.39 is 0 Å². The van der Waals surface area contributed by atoms with Crippen molar-refractivity contribution in [2.45, 2.75) is 51.6 Å². The van der Waals surface area contributed by atoms with Crippen LogP contribution in [0.3, 0.4) is 0 Å². The van der Waals surface area contributed by atoms with E-state index in [1.165, 1.54) is 12.8 Å². The Kier molecular flexibility index (Phi) is 6.39. The summed E-state index contributed by atoms with van der Waals surface area (Å²) in [6, 6.07) is 0. The van der Waals surface area contributed by atoms with E-state index in [0.29, 0.717) is 6.61 Å². The van der Waals surface area contributed by atoms with Crippen LogP contribution in [0.1, 0.15) is 46.0 Å². The molecule has 0 fully saturated rings. The summed E-state index contributed by atoms with van der Waals surface area (Å²) in [6.45, 7) is 4.55.